The fourth-order valence-electron chi connectivity index (χ4n) is 3.78. The number of hydrogen-bond acceptors (Lipinski definition) is 3. The number of benzene rings is 1. The van der Waals surface area contributed by atoms with Crippen molar-refractivity contribution >= 4 is 17.4 Å². The number of nitrogens with zero attached hydrogens (tertiary/aromatic N) is 3. The lowest BCUT2D eigenvalue weighted by Gasteiger charge is -2.32. The van der Waals surface area contributed by atoms with Crippen LogP contribution in [0.15, 0.2) is 67.1 Å². The summed E-state index contributed by atoms with van der Waals surface area (Å²) >= 11 is 0. The molecule has 3 aromatic rings. The second-order valence-corrected chi connectivity index (χ2v) is 7.23. The van der Waals surface area contributed by atoms with Gasteiger partial charge in [-0.15, -0.1) is 0 Å². The van der Waals surface area contributed by atoms with Gasteiger partial charge in [-0.2, -0.15) is 0 Å². The number of pyridine rings is 1. The Kier molecular flexibility index (Phi) is 5.42. The third kappa shape index (κ3) is 3.93. The van der Waals surface area contributed by atoms with Crippen LogP contribution in [0.4, 0.5) is 11.5 Å². The summed E-state index contributed by atoms with van der Waals surface area (Å²) in [6, 6.07) is 16.2. The summed E-state index contributed by atoms with van der Waals surface area (Å²) in [7, 11) is 0. The van der Waals surface area contributed by atoms with Crippen LogP contribution in [-0.2, 0) is 11.2 Å². The molecule has 1 saturated heterocycles. The zero-order chi connectivity index (χ0) is 19.3. The predicted octanol–water partition coefficient (Wildman–Crippen LogP) is 4.29. The van der Waals surface area contributed by atoms with E-state index in [-0.39, 0.29) is 11.8 Å². The number of amides is 1. The first kappa shape index (κ1) is 18.3. The highest BCUT2D eigenvalue weighted by atomic mass is 16.1. The number of nitrogens with one attached hydrogen (secondary N) is 1. The van der Waals surface area contributed by atoms with Crippen molar-refractivity contribution < 1.29 is 4.79 Å². The highest BCUT2D eigenvalue weighted by Crippen LogP contribution is 2.24. The molecule has 0 atom stereocenters. The van der Waals surface area contributed by atoms with Gasteiger partial charge in [0.1, 0.15) is 5.82 Å². The lowest BCUT2D eigenvalue weighted by molar-refractivity contribution is -0.120. The number of hydrogen-bond donors (Lipinski definition) is 1. The van der Waals surface area contributed by atoms with Gasteiger partial charge in [0, 0.05) is 37.1 Å². The molecular formula is C23H26N4O. The van der Waals surface area contributed by atoms with E-state index in [1.807, 2.05) is 53.5 Å². The van der Waals surface area contributed by atoms with E-state index < -0.39 is 0 Å². The van der Waals surface area contributed by atoms with Crippen molar-refractivity contribution in [2.24, 2.45) is 5.92 Å². The van der Waals surface area contributed by atoms with Gasteiger partial charge in [-0.25, -0.2) is 4.98 Å². The average molecular weight is 374 g/mol. The molecule has 5 nitrogen and oxygen atoms in total. The maximum atomic E-state index is 12.7. The van der Waals surface area contributed by atoms with Gasteiger partial charge < -0.3 is 14.8 Å². The van der Waals surface area contributed by atoms with Crippen LogP contribution < -0.4 is 10.2 Å². The van der Waals surface area contributed by atoms with Crippen molar-refractivity contribution in [1.29, 1.82) is 0 Å². The van der Waals surface area contributed by atoms with Gasteiger partial charge in [-0.1, -0.05) is 25.1 Å². The van der Waals surface area contributed by atoms with Gasteiger partial charge in [0.15, 0.2) is 0 Å². The van der Waals surface area contributed by atoms with E-state index in [2.05, 4.69) is 40.3 Å². The molecule has 0 unspecified atom stereocenters. The Bertz CT molecular complexity index is 910. The van der Waals surface area contributed by atoms with Gasteiger partial charge in [-0.05, 0) is 55.2 Å². The molecule has 1 aliphatic heterocycles. The fraction of sp³-hybridized carbons (Fsp3) is 0.304. The highest BCUT2D eigenvalue weighted by Gasteiger charge is 2.26. The first-order valence-corrected chi connectivity index (χ1v) is 9.97. The summed E-state index contributed by atoms with van der Waals surface area (Å²) in [5, 5.41) is 3.13. The monoisotopic (exact) mass is 374 g/mol. The number of rotatable bonds is 5. The number of para-hydroxylation sites is 1. The second kappa shape index (κ2) is 8.30. The van der Waals surface area contributed by atoms with Crippen LogP contribution in [0.2, 0.25) is 0 Å². The quantitative estimate of drug-likeness (QED) is 0.725. The Morgan fingerprint density at radius 3 is 2.50 bits per heavy atom. The SMILES string of the molecule is CCc1ccccc1NC(=O)C1CCN(c2ccc(-n3cccc3)cn2)CC1. The van der Waals surface area contributed by atoms with Crippen molar-refractivity contribution in [3.63, 3.8) is 0 Å². The molecule has 3 heterocycles. The number of carbonyl (C=O) groups excluding carboxylic acids is 1. The zero-order valence-corrected chi connectivity index (χ0v) is 16.2. The van der Waals surface area contributed by atoms with Crippen molar-refractivity contribution in [1.82, 2.24) is 9.55 Å². The third-order valence-electron chi connectivity index (χ3n) is 5.48. The zero-order valence-electron chi connectivity index (χ0n) is 16.2. The molecule has 1 fully saturated rings. The number of aryl methyl sites for hydroxylation is 1. The van der Waals surface area contributed by atoms with Crippen LogP contribution in [0.1, 0.15) is 25.3 Å². The van der Waals surface area contributed by atoms with Gasteiger partial charge in [0.25, 0.3) is 0 Å². The van der Waals surface area contributed by atoms with Crippen LogP contribution >= 0.6 is 0 Å². The third-order valence-corrected chi connectivity index (χ3v) is 5.48. The van der Waals surface area contributed by atoms with E-state index in [0.29, 0.717) is 0 Å². The van der Waals surface area contributed by atoms with Crippen LogP contribution in [0.25, 0.3) is 5.69 Å². The van der Waals surface area contributed by atoms with E-state index in [0.717, 1.165) is 49.5 Å². The lowest BCUT2D eigenvalue weighted by atomic mass is 9.95. The molecule has 0 radical (unpaired) electrons. The van der Waals surface area contributed by atoms with Gasteiger partial charge in [-0.3, -0.25) is 4.79 Å². The minimum atomic E-state index is 0.0558. The maximum absolute atomic E-state index is 12.7. The molecular weight excluding hydrogens is 348 g/mol. The first-order valence-electron chi connectivity index (χ1n) is 9.97. The van der Waals surface area contributed by atoms with Crippen LogP contribution in [0, 0.1) is 5.92 Å². The average Bonchev–Trinajstić information content (AvgIpc) is 3.29. The van der Waals surface area contributed by atoms with Crippen molar-refractivity contribution in [3.05, 3.63) is 72.7 Å². The Morgan fingerprint density at radius 1 is 1.07 bits per heavy atom. The van der Waals surface area contributed by atoms with Crippen LogP contribution in [0.3, 0.4) is 0 Å². The Morgan fingerprint density at radius 2 is 1.82 bits per heavy atom. The Balaban J connectivity index is 1.34. The van der Waals surface area contributed by atoms with Gasteiger partial charge in [0.2, 0.25) is 5.91 Å². The molecule has 2 aromatic heterocycles. The molecule has 1 aliphatic rings. The molecule has 5 heteroatoms. The number of piperidine rings is 1. The maximum Gasteiger partial charge on any atom is 0.227 e. The van der Waals surface area contributed by atoms with Crippen molar-refractivity contribution in [2.75, 3.05) is 23.3 Å². The van der Waals surface area contributed by atoms with Crippen molar-refractivity contribution in [2.45, 2.75) is 26.2 Å². The first-order chi connectivity index (χ1) is 13.7. The fourth-order valence-corrected chi connectivity index (χ4v) is 3.78. The molecule has 0 spiro atoms. The highest BCUT2D eigenvalue weighted by molar-refractivity contribution is 5.93. The van der Waals surface area contributed by atoms with Gasteiger partial charge in [0.05, 0.1) is 11.9 Å². The molecule has 0 saturated carbocycles. The van der Waals surface area contributed by atoms with E-state index in [9.17, 15) is 4.79 Å². The molecule has 1 amide bonds. The molecule has 0 bridgehead atoms. The summed E-state index contributed by atoms with van der Waals surface area (Å²) in [5.41, 5.74) is 3.18. The van der Waals surface area contributed by atoms with E-state index in [1.54, 1.807) is 0 Å². The second-order valence-electron chi connectivity index (χ2n) is 7.23. The van der Waals surface area contributed by atoms with Crippen LogP contribution in [-0.4, -0.2) is 28.5 Å². The largest absolute Gasteiger partial charge is 0.357 e. The molecule has 4 rings (SSSR count). The van der Waals surface area contributed by atoms with E-state index in [1.165, 1.54) is 5.56 Å². The molecule has 1 N–H and O–H groups in total. The lowest BCUT2D eigenvalue weighted by Crippen LogP contribution is -2.38. The van der Waals surface area contributed by atoms with E-state index in [4.69, 9.17) is 0 Å². The standard InChI is InChI=1S/C23H26N4O/c1-2-18-7-3-4-8-21(18)25-23(28)19-11-15-27(16-12-19)22-10-9-20(17-24-22)26-13-5-6-14-26/h3-10,13-14,17,19H,2,11-12,15-16H2,1H3,(H,25,28). The van der Waals surface area contributed by atoms with Gasteiger partial charge >= 0.3 is 0 Å². The minimum absolute atomic E-state index is 0.0558. The Labute approximate surface area is 166 Å². The summed E-state index contributed by atoms with van der Waals surface area (Å²) < 4.78 is 2.04. The number of carbonyl (C=O) groups is 1. The summed E-state index contributed by atoms with van der Waals surface area (Å²) in [6.45, 7) is 3.81. The minimum Gasteiger partial charge on any atom is -0.357 e. The van der Waals surface area contributed by atoms with Crippen LogP contribution in [0.5, 0.6) is 0 Å². The molecule has 28 heavy (non-hydrogen) atoms. The van der Waals surface area contributed by atoms with Crippen molar-refractivity contribution in [3.8, 4) is 5.69 Å². The summed E-state index contributed by atoms with van der Waals surface area (Å²) in [6.07, 6.45) is 8.53. The topological polar surface area (TPSA) is 50.2 Å². The molecule has 1 aromatic carbocycles. The number of anilines is 2. The normalized spacial score (nSPS) is 14.8. The smallest absolute Gasteiger partial charge is 0.227 e. The molecule has 0 aliphatic carbocycles. The summed E-state index contributed by atoms with van der Waals surface area (Å²) in [4.78, 5) is 19.6. The van der Waals surface area contributed by atoms with E-state index >= 15 is 0 Å². The molecule has 144 valence electrons. The Hall–Kier alpha value is -3.08. The summed E-state index contributed by atoms with van der Waals surface area (Å²) in [5.74, 6) is 1.17. The number of aromatic nitrogens is 2. The predicted molar refractivity (Wildman–Crippen MR) is 113 cm³/mol.